The maximum atomic E-state index is 13.6. The highest BCUT2D eigenvalue weighted by Gasteiger charge is 2.13. The van der Waals surface area contributed by atoms with E-state index in [2.05, 4.69) is 5.32 Å². The lowest BCUT2D eigenvalue weighted by Gasteiger charge is -2.18. The number of nitrogens with one attached hydrogen (secondary N) is 1. The fourth-order valence-corrected chi connectivity index (χ4v) is 2.11. The number of benzene rings is 1. The summed E-state index contributed by atoms with van der Waals surface area (Å²) in [4.78, 5) is 0. The van der Waals surface area contributed by atoms with Crippen LogP contribution in [-0.2, 0) is 6.54 Å². The molecule has 4 heteroatoms. The van der Waals surface area contributed by atoms with E-state index in [-0.39, 0.29) is 24.4 Å². The Kier molecular flexibility index (Phi) is 5.15. The minimum Gasteiger partial charge on any atom is -0.460 e. The van der Waals surface area contributed by atoms with Gasteiger partial charge in [-0.2, -0.15) is 0 Å². The highest BCUT2D eigenvalue weighted by atomic mass is 19.1. The molecule has 0 aliphatic carbocycles. The van der Waals surface area contributed by atoms with Gasteiger partial charge >= 0.3 is 0 Å². The van der Waals surface area contributed by atoms with Gasteiger partial charge in [0.25, 0.3) is 0 Å². The molecule has 0 unspecified atom stereocenters. The van der Waals surface area contributed by atoms with Crippen LogP contribution in [-0.4, -0.2) is 17.8 Å². The van der Waals surface area contributed by atoms with Gasteiger partial charge in [0.1, 0.15) is 17.3 Å². The highest BCUT2D eigenvalue weighted by molar-refractivity contribution is 5.62. The lowest BCUT2D eigenvalue weighted by atomic mass is 10.1. The van der Waals surface area contributed by atoms with Crippen LogP contribution < -0.4 is 5.32 Å². The Hall–Kier alpha value is -1.65. The van der Waals surface area contributed by atoms with Crippen molar-refractivity contribution in [2.45, 2.75) is 33.4 Å². The van der Waals surface area contributed by atoms with Crippen LogP contribution in [0.2, 0.25) is 0 Å². The van der Waals surface area contributed by atoms with E-state index >= 15 is 0 Å². The summed E-state index contributed by atoms with van der Waals surface area (Å²) in [6.07, 6.45) is 0. The summed E-state index contributed by atoms with van der Waals surface area (Å²) in [5.74, 6) is 1.43. The standard InChI is InChI=1S/C17H22FNO2/c1-11(10-20)13(3)19-9-14-7-8-17(21-14)15-5-4-6-16(18)12(15)2/h4-8,11,13,19-20H,9-10H2,1-3H3/t11-,13-/m1/s1. The Labute approximate surface area is 124 Å². The van der Waals surface area contributed by atoms with Crippen LogP contribution in [0.3, 0.4) is 0 Å². The Morgan fingerprint density at radius 1 is 1.24 bits per heavy atom. The van der Waals surface area contributed by atoms with Gasteiger partial charge in [0.2, 0.25) is 0 Å². The molecular weight excluding hydrogens is 269 g/mol. The summed E-state index contributed by atoms with van der Waals surface area (Å²) in [7, 11) is 0. The summed E-state index contributed by atoms with van der Waals surface area (Å²) in [5, 5.41) is 12.4. The fraction of sp³-hybridized carbons (Fsp3) is 0.412. The molecule has 2 rings (SSSR count). The van der Waals surface area contributed by atoms with Crippen LogP contribution in [0.1, 0.15) is 25.2 Å². The van der Waals surface area contributed by atoms with Crippen molar-refractivity contribution >= 4 is 0 Å². The van der Waals surface area contributed by atoms with Crippen LogP contribution in [0.5, 0.6) is 0 Å². The number of aliphatic hydroxyl groups is 1. The molecule has 0 aliphatic rings. The Bertz CT molecular complexity index is 594. The summed E-state index contributed by atoms with van der Waals surface area (Å²) < 4.78 is 19.4. The Morgan fingerprint density at radius 3 is 2.71 bits per heavy atom. The molecule has 21 heavy (non-hydrogen) atoms. The second-order valence-electron chi connectivity index (χ2n) is 5.51. The van der Waals surface area contributed by atoms with E-state index in [0.29, 0.717) is 17.9 Å². The Balaban J connectivity index is 2.06. The van der Waals surface area contributed by atoms with E-state index in [4.69, 9.17) is 9.52 Å². The third-order valence-corrected chi connectivity index (χ3v) is 3.93. The molecule has 0 spiro atoms. The molecule has 1 heterocycles. The minimum atomic E-state index is -0.228. The molecule has 2 N–H and O–H groups in total. The van der Waals surface area contributed by atoms with Crippen LogP contribution in [0.4, 0.5) is 4.39 Å². The number of furan rings is 1. The topological polar surface area (TPSA) is 45.4 Å². The normalized spacial score (nSPS) is 14.1. The maximum absolute atomic E-state index is 13.6. The first-order chi connectivity index (χ1) is 10.0. The van der Waals surface area contributed by atoms with Crippen molar-refractivity contribution in [2.75, 3.05) is 6.61 Å². The predicted octanol–water partition coefficient (Wildman–Crippen LogP) is 3.50. The summed E-state index contributed by atoms with van der Waals surface area (Å²) in [6, 6.07) is 8.93. The van der Waals surface area contributed by atoms with Crippen molar-refractivity contribution in [1.82, 2.24) is 5.32 Å². The van der Waals surface area contributed by atoms with Crippen molar-refractivity contribution in [2.24, 2.45) is 5.92 Å². The molecule has 0 fully saturated rings. The molecule has 114 valence electrons. The van der Waals surface area contributed by atoms with Gasteiger partial charge in [-0.15, -0.1) is 0 Å². The molecule has 0 saturated heterocycles. The van der Waals surface area contributed by atoms with Crippen LogP contribution in [0, 0.1) is 18.7 Å². The second-order valence-corrected chi connectivity index (χ2v) is 5.51. The van der Waals surface area contributed by atoms with Crippen LogP contribution in [0.25, 0.3) is 11.3 Å². The SMILES string of the molecule is Cc1c(F)cccc1-c1ccc(CN[C@H](C)[C@H](C)CO)o1. The van der Waals surface area contributed by atoms with Gasteiger partial charge in [0, 0.05) is 18.2 Å². The third kappa shape index (κ3) is 3.71. The predicted molar refractivity (Wildman–Crippen MR) is 81.4 cm³/mol. The zero-order chi connectivity index (χ0) is 15.4. The maximum Gasteiger partial charge on any atom is 0.134 e. The minimum absolute atomic E-state index is 0.153. The van der Waals surface area contributed by atoms with Crippen LogP contribution in [0.15, 0.2) is 34.7 Å². The quantitative estimate of drug-likeness (QED) is 0.856. The van der Waals surface area contributed by atoms with E-state index in [9.17, 15) is 4.39 Å². The number of halogens is 1. The van der Waals surface area contributed by atoms with E-state index in [0.717, 1.165) is 11.3 Å². The molecule has 1 aromatic heterocycles. The van der Waals surface area contributed by atoms with E-state index in [1.54, 1.807) is 13.0 Å². The van der Waals surface area contributed by atoms with E-state index in [1.165, 1.54) is 6.07 Å². The van der Waals surface area contributed by atoms with Gasteiger partial charge in [-0.25, -0.2) is 4.39 Å². The molecule has 2 atom stereocenters. The number of aliphatic hydroxyl groups excluding tert-OH is 1. The van der Waals surface area contributed by atoms with Crippen molar-refractivity contribution in [3.8, 4) is 11.3 Å². The smallest absolute Gasteiger partial charge is 0.134 e. The number of rotatable bonds is 6. The molecular formula is C17H22FNO2. The average molecular weight is 291 g/mol. The molecule has 2 aromatic rings. The summed E-state index contributed by atoms with van der Waals surface area (Å²) in [6.45, 7) is 6.50. The average Bonchev–Trinajstić information content (AvgIpc) is 2.95. The Morgan fingerprint density at radius 2 is 2.00 bits per heavy atom. The second kappa shape index (κ2) is 6.87. The lowest BCUT2D eigenvalue weighted by Crippen LogP contribution is -2.33. The van der Waals surface area contributed by atoms with E-state index < -0.39 is 0 Å². The summed E-state index contributed by atoms with van der Waals surface area (Å²) >= 11 is 0. The van der Waals surface area contributed by atoms with E-state index in [1.807, 2.05) is 32.0 Å². The molecule has 3 nitrogen and oxygen atoms in total. The molecule has 0 amide bonds. The highest BCUT2D eigenvalue weighted by Crippen LogP contribution is 2.27. The summed E-state index contributed by atoms with van der Waals surface area (Å²) in [5.41, 5.74) is 1.37. The van der Waals surface area contributed by atoms with Crippen LogP contribution >= 0.6 is 0 Å². The van der Waals surface area contributed by atoms with Gasteiger partial charge in [0.15, 0.2) is 0 Å². The van der Waals surface area contributed by atoms with Gasteiger partial charge in [-0.3, -0.25) is 0 Å². The number of hydrogen-bond donors (Lipinski definition) is 2. The number of hydrogen-bond acceptors (Lipinski definition) is 3. The van der Waals surface area contributed by atoms with Gasteiger partial charge in [-0.1, -0.05) is 19.1 Å². The zero-order valence-corrected chi connectivity index (χ0v) is 12.7. The molecule has 0 saturated carbocycles. The van der Waals surface area contributed by atoms with Gasteiger partial charge in [0.05, 0.1) is 6.54 Å². The fourth-order valence-electron chi connectivity index (χ4n) is 2.11. The van der Waals surface area contributed by atoms with Gasteiger partial charge in [-0.05, 0) is 43.5 Å². The first-order valence-corrected chi connectivity index (χ1v) is 7.21. The van der Waals surface area contributed by atoms with Gasteiger partial charge < -0.3 is 14.8 Å². The third-order valence-electron chi connectivity index (χ3n) is 3.93. The first-order valence-electron chi connectivity index (χ1n) is 7.21. The molecule has 1 aromatic carbocycles. The molecule has 0 aliphatic heterocycles. The van der Waals surface area contributed by atoms with Crippen molar-refractivity contribution < 1.29 is 13.9 Å². The van der Waals surface area contributed by atoms with Crippen molar-refractivity contribution in [1.29, 1.82) is 0 Å². The van der Waals surface area contributed by atoms with Crippen molar-refractivity contribution in [3.05, 3.63) is 47.5 Å². The molecule has 0 bridgehead atoms. The lowest BCUT2D eigenvalue weighted by molar-refractivity contribution is 0.205. The molecule has 0 radical (unpaired) electrons. The van der Waals surface area contributed by atoms with Crippen molar-refractivity contribution in [3.63, 3.8) is 0 Å². The zero-order valence-electron chi connectivity index (χ0n) is 12.7. The largest absolute Gasteiger partial charge is 0.460 e. The monoisotopic (exact) mass is 291 g/mol. The first kappa shape index (κ1) is 15.7.